The number of carboxylic acid groups (broad SMARTS) is 1. The fraction of sp³-hybridized carbons (Fsp3) is 0.379. The fourth-order valence-electron chi connectivity index (χ4n) is 4.44. The molecular weight excluding hydrogens is 558 g/mol. The van der Waals surface area contributed by atoms with Crippen molar-refractivity contribution >= 4 is 50.7 Å². The maximum Gasteiger partial charge on any atom is 0.303 e. The zero-order valence-electron chi connectivity index (χ0n) is 24.2. The number of benzene rings is 2. The van der Waals surface area contributed by atoms with Crippen molar-refractivity contribution in [3.63, 3.8) is 0 Å². The first-order chi connectivity index (χ1) is 19.8. The predicted molar refractivity (Wildman–Crippen MR) is 162 cm³/mol. The number of sulfonamides is 1. The van der Waals surface area contributed by atoms with Gasteiger partial charge in [0, 0.05) is 67.0 Å². The molecule has 42 heavy (non-hydrogen) atoms. The van der Waals surface area contributed by atoms with E-state index < -0.39 is 21.5 Å². The molecule has 1 fully saturated rings. The molecule has 1 amide bonds. The number of carbonyl (C=O) groups excluding carboxylic acids is 1. The van der Waals surface area contributed by atoms with Crippen LogP contribution < -0.4 is 20.3 Å². The maximum absolute atomic E-state index is 12.8. The quantitative estimate of drug-likeness (QED) is 0.271. The van der Waals surface area contributed by atoms with E-state index in [4.69, 9.17) is 5.11 Å². The van der Waals surface area contributed by atoms with E-state index in [9.17, 15) is 18.0 Å². The first-order valence-corrected chi connectivity index (χ1v) is 15.1. The number of nitrogens with one attached hydrogen (secondary N) is 3. The summed E-state index contributed by atoms with van der Waals surface area (Å²) in [6.45, 7) is 9.66. The standard InChI is InChI=1S/C29H37N7O5S/c1-20-19-30-28(33-27(20)31-22-6-5-7-24(18-22)42(40,41)34-29(2,3)4)32-21-8-10-23(11-9-21)35-14-16-36(17-15-35)25(37)12-13-26(38)39/h5-11,18-19,34H,12-17H2,1-4H3,(H,38,39)(H2,30,31,32,33). The van der Waals surface area contributed by atoms with E-state index in [2.05, 4.69) is 30.2 Å². The van der Waals surface area contributed by atoms with E-state index >= 15 is 0 Å². The van der Waals surface area contributed by atoms with Gasteiger partial charge < -0.3 is 25.5 Å². The highest BCUT2D eigenvalue weighted by atomic mass is 32.2. The highest BCUT2D eigenvalue weighted by molar-refractivity contribution is 7.89. The smallest absolute Gasteiger partial charge is 0.303 e. The number of rotatable bonds is 10. The fourth-order valence-corrected chi connectivity index (χ4v) is 5.90. The van der Waals surface area contributed by atoms with Gasteiger partial charge in [0.25, 0.3) is 0 Å². The Balaban J connectivity index is 1.38. The number of aliphatic carboxylic acids is 1. The van der Waals surface area contributed by atoms with Crippen molar-refractivity contribution in [2.45, 2.75) is 51.0 Å². The minimum Gasteiger partial charge on any atom is -0.481 e. The molecule has 12 nitrogen and oxygen atoms in total. The van der Waals surface area contributed by atoms with Gasteiger partial charge in [-0.25, -0.2) is 18.1 Å². The van der Waals surface area contributed by atoms with Gasteiger partial charge in [-0.1, -0.05) is 6.07 Å². The molecule has 0 saturated carbocycles. The largest absolute Gasteiger partial charge is 0.481 e. The summed E-state index contributed by atoms with van der Waals surface area (Å²) in [5.41, 5.74) is 2.56. The van der Waals surface area contributed by atoms with Crippen LogP contribution in [0.3, 0.4) is 0 Å². The van der Waals surface area contributed by atoms with Crippen LogP contribution in [0.4, 0.5) is 28.8 Å². The van der Waals surface area contributed by atoms with Crippen molar-refractivity contribution in [2.75, 3.05) is 41.7 Å². The van der Waals surface area contributed by atoms with Crippen molar-refractivity contribution in [3.05, 3.63) is 60.3 Å². The Kier molecular flexibility index (Phi) is 9.32. The highest BCUT2D eigenvalue weighted by Crippen LogP contribution is 2.25. The van der Waals surface area contributed by atoms with Crippen molar-refractivity contribution in [2.24, 2.45) is 0 Å². The molecule has 1 aliphatic rings. The van der Waals surface area contributed by atoms with Crippen LogP contribution in [-0.4, -0.2) is 72.0 Å². The Labute approximate surface area is 246 Å². The second kappa shape index (κ2) is 12.7. The van der Waals surface area contributed by atoms with E-state index in [-0.39, 0.29) is 23.6 Å². The summed E-state index contributed by atoms with van der Waals surface area (Å²) in [6.07, 6.45) is 1.56. The Bertz CT molecular complexity index is 1530. The van der Waals surface area contributed by atoms with Crippen LogP contribution in [-0.2, 0) is 19.6 Å². The topological polar surface area (TPSA) is 157 Å². The Morgan fingerprint density at radius 1 is 0.952 bits per heavy atom. The minimum atomic E-state index is -3.69. The number of aryl methyl sites for hydroxylation is 1. The summed E-state index contributed by atoms with van der Waals surface area (Å²) in [5, 5.41) is 15.2. The summed E-state index contributed by atoms with van der Waals surface area (Å²) in [4.78, 5) is 36.0. The summed E-state index contributed by atoms with van der Waals surface area (Å²) in [7, 11) is -3.69. The third-order valence-corrected chi connectivity index (χ3v) is 8.25. The molecule has 0 unspecified atom stereocenters. The number of carboxylic acids is 1. The highest BCUT2D eigenvalue weighted by Gasteiger charge is 2.23. The molecule has 224 valence electrons. The number of anilines is 5. The van der Waals surface area contributed by atoms with E-state index in [0.29, 0.717) is 43.6 Å². The van der Waals surface area contributed by atoms with E-state index in [1.165, 1.54) is 0 Å². The average molecular weight is 596 g/mol. The zero-order chi connectivity index (χ0) is 30.5. The van der Waals surface area contributed by atoms with Crippen LogP contribution in [0.15, 0.2) is 59.6 Å². The van der Waals surface area contributed by atoms with Gasteiger partial charge in [0.05, 0.1) is 11.3 Å². The number of hydrogen-bond acceptors (Lipinski definition) is 9. The summed E-state index contributed by atoms with van der Waals surface area (Å²) >= 11 is 0. The average Bonchev–Trinajstić information content (AvgIpc) is 2.93. The molecule has 1 aromatic heterocycles. The van der Waals surface area contributed by atoms with Crippen molar-refractivity contribution in [3.8, 4) is 0 Å². The number of nitrogens with zero attached hydrogens (tertiary/aromatic N) is 4. The van der Waals surface area contributed by atoms with Gasteiger partial charge in [0.1, 0.15) is 5.82 Å². The number of amides is 1. The number of carbonyl (C=O) groups is 2. The molecule has 4 rings (SSSR count). The van der Waals surface area contributed by atoms with Gasteiger partial charge in [0.2, 0.25) is 21.9 Å². The predicted octanol–water partition coefficient (Wildman–Crippen LogP) is 3.86. The molecule has 0 radical (unpaired) electrons. The van der Waals surface area contributed by atoms with Gasteiger partial charge >= 0.3 is 5.97 Å². The second-order valence-electron chi connectivity index (χ2n) is 11.2. The third-order valence-electron chi connectivity index (χ3n) is 6.49. The Morgan fingerprint density at radius 3 is 2.29 bits per heavy atom. The lowest BCUT2D eigenvalue weighted by Gasteiger charge is -2.36. The number of aromatic nitrogens is 2. The lowest BCUT2D eigenvalue weighted by Crippen LogP contribution is -2.48. The lowest BCUT2D eigenvalue weighted by molar-refractivity contribution is -0.141. The molecule has 2 aromatic carbocycles. The number of hydrogen-bond donors (Lipinski definition) is 4. The Morgan fingerprint density at radius 2 is 1.64 bits per heavy atom. The van der Waals surface area contributed by atoms with Gasteiger partial charge in [-0.3, -0.25) is 9.59 Å². The van der Waals surface area contributed by atoms with Crippen molar-refractivity contribution < 1.29 is 23.1 Å². The SMILES string of the molecule is Cc1cnc(Nc2ccc(N3CCN(C(=O)CCC(=O)O)CC3)cc2)nc1Nc1cccc(S(=O)(=O)NC(C)(C)C)c1. The van der Waals surface area contributed by atoms with Crippen molar-refractivity contribution in [1.82, 2.24) is 19.6 Å². The number of piperazine rings is 1. The molecule has 1 aliphatic heterocycles. The van der Waals surface area contributed by atoms with Crippen molar-refractivity contribution in [1.29, 1.82) is 0 Å². The minimum absolute atomic E-state index is 0.0250. The van der Waals surface area contributed by atoms with Crippen LogP contribution in [0, 0.1) is 6.92 Å². The second-order valence-corrected chi connectivity index (χ2v) is 12.8. The molecule has 0 bridgehead atoms. The Hall–Kier alpha value is -4.23. The zero-order valence-corrected chi connectivity index (χ0v) is 25.0. The molecule has 1 saturated heterocycles. The van der Waals surface area contributed by atoms with E-state index in [0.717, 1.165) is 16.9 Å². The molecule has 13 heteroatoms. The van der Waals surface area contributed by atoms with Gasteiger partial charge in [-0.15, -0.1) is 0 Å². The third kappa shape index (κ3) is 8.40. The van der Waals surface area contributed by atoms with Crippen LogP contribution in [0.25, 0.3) is 0 Å². The van der Waals surface area contributed by atoms with Crippen LogP contribution in [0.5, 0.6) is 0 Å². The van der Waals surface area contributed by atoms with E-state index in [1.54, 1.807) is 56.1 Å². The molecule has 4 N–H and O–H groups in total. The first kappa shape index (κ1) is 30.7. The van der Waals surface area contributed by atoms with Crippen LogP contribution in [0.1, 0.15) is 39.2 Å². The maximum atomic E-state index is 12.8. The normalized spacial score (nSPS) is 14.0. The monoisotopic (exact) mass is 595 g/mol. The summed E-state index contributed by atoms with van der Waals surface area (Å²) < 4.78 is 28.2. The molecule has 2 heterocycles. The first-order valence-electron chi connectivity index (χ1n) is 13.7. The summed E-state index contributed by atoms with van der Waals surface area (Å²) in [5.74, 6) is -0.175. The lowest BCUT2D eigenvalue weighted by atomic mass is 10.1. The van der Waals surface area contributed by atoms with Crippen LogP contribution >= 0.6 is 0 Å². The van der Waals surface area contributed by atoms with Gasteiger partial charge in [-0.05, 0) is 70.2 Å². The van der Waals surface area contributed by atoms with E-state index in [1.807, 2.05) is 31.2 Å². The molecule has 0 atom stereocenters. The summed E-state index contributed by atoms with van der Waals surface area (Å²) in [6, 6.07) is 14.4. The van der Waals surface area contributed by atoms with Gasteiger partial charge in [0.15, 0.2) is 0 Å². The molecule has 0 spiro atoms. The van der Waals surface area contributed by atoms with Crippen LogP contribution in [0.2, 0.25) is 0 Å². The van der Waals surface area contributed by atoms with Gasteiger partial charge in [-0.2, -0.15) is 4.98 Å². The molecular formula is C29H37N7O5S. The molecule has 0 aliphatic carbocycles. The molecule has 3 aromatic rings.